The lowest BCUT2D eigenvalue weighted by Gasteiger charge is -2.32. The molecule has 0 spiro atoms. The first kappa shape index (κ1) is 17.7. The second-order valence-corrected chi connectivity index (χ2v) is 7.64. The standard InChI is InChI=1S/C22H25N3O2/c26-21(24-20-2-1-11-23-15-20)18-5-3-16(4-6-18)14-17-9-12-25(13-10-17)22(27)19-7-8-19/h1-6,11,15,17,19H,7-10,12-14H2,(H,24,26). The van der Waals surface area contributed by atoms with Gasteiger partial charge in [-0.2, -0.15) is 0 Å². The van der Waals surface area contributed by atoms with Crippen LogP contribution in [-0.2, 0) is 11.2 Å². The van der Waals surface area contributed by atoms with Crippen molar-refractivity contribution in [1.82, 2.24) is 9.88 Å². The van der Waals surface area contributed by atoms with E-state index < -0.39 is 0 Å². The molecular weight excluding hydrogens is 338 g/mol. The van der Waals surface area contributed by atoms with Gasteiger partial charge in [-0.05, 0) is 67.9 Å². The van der Waals surface area contributed by atoms with Gasteiger partial charge in [-0.3, -0.25) is 14.6 Å². The van der Waals surface area contributed by atoms with Crippen molar-refractivity contribution >= 4 is 17.5 Å². The average molecular weight is 363 g/mol. The highest BCUT2D eigenvalue weighted by atomic mass is 16.2. The molecule has 0 unspecified atom stereocenters. The summed E-state index contributed by atoms with van der Waals surface area (Å²) in [6, 6.07) is 11.5. The zero-order valence-corrected chi connectivity index (χ0v) is 15.4. The molecule has 5 heteroatoms. The molecular formula is C22H25N3O2. The molecule has 2 fully saturated rings. The van der Waals surface area contributed by atoms with E-state index in [0.29, 0.717) is 29.0 Å². The topological polar surface area (TPSA) is 62.3 Å². The summed E-state index contributed by atoms with van der Waals surface area (Å²) in [4.78, 5) is 30.5. The number of anilines is 1. The number of hydrogen-bond donors (Lipinski definition) is 1. The summed E-state index contributed by atoms with van der Waals surface area (Å²) in [7, 11) is 0. The Hall–Kier alpha value is -2.69. The van der Waals surface area contributed by atoms with Crippen LogP contribution in [0.15, 0.2) is 48.8 Å². The van der Waals surface area contributed by atoms with Gasteiger partial charge in [0.15, 0.2) is 0 Å². The van der Waals surface area contributed by atoms with E-state index in [9.17, 15) is 9.59 Å². The molecule has 1 aliphatic carbocycles. The van der Waals surface area contributed by atoms with Crippen molar-refractivity contribution in [3.63, 3.8) is 0 Å². The normalized spacial score (nSPS) is 17.6. The number of carbonyl (C=O) groups excluding carboxylic acids is 2. The molecule has 1 saturated heterocycles. The highest BCUT2D eigenvalue weighted by molar-refractivity contribution is 6.04. The fourth-order valence-electron chi connectivity index (χ4n) is 3.71. The molecule has 1 N–H and O–H groups in total. The quantitative estimate of drug-likeness (QED) is 0.884. The van der Waals surface area contributed by atoms with Crippen LogP contribution in [0, 0.1) is 11.8 Å². The van der Waals surface area contributed by atoms with Gasteiger partial charge in [-0.15, -0.1) is 0 Å². The van der Waals surface area contributed by atoms with E-state index in [1.807, 2.05) is 30.3 Å². The van der Waals surface area contributed by atoms with E-state index in [0.717, 1.165) is 45.2 Å². The molecule has 1 aromatic carbocycles. The van der Waals surface area contributed by atoms with Crippen molar-refractivity contribution in [2.75, 3.05) is 18.4 Å². The second-order valence-electron chi connectivity index (χ2n) is 7.64. The SMILES string of the molecule is O=C(Nc1cccnc1)c1ccc(CC2CCN(C(=O)C3CC3)CC2)cc1. The molecule has 2 amide bonds. The van der Waals surface area contributed by atoms with Crippen molar-refractivity contribution in [3.8, 4) is 0 Å². The molecule has 1 saturated carbocycles. The number of aromatic nitrogens is 1. The summed E-state index contributed by atoms with van der Waals surface area (Å²) >= 11 is 0. The highest BCUT2D eigenvalue weighted by Gasteiger charge is 2.34. The maximum Gasteiger partial charge on any atom is 0.255 e. The Morgan fingerprint density at radius 2 is 1.78 bits per heavy atom. The zero-order valence-electron chi connectivity index (χ0n) is 15.4. The Labute approximate surface area is 159 Å². The molecule has 4 rings (SSSR count). The third-order valence-electron chi connectivity index (χ3n) is 5.51. The lowest BCUT2D eigenvalue weighted by molar-refractivity contribution is -0.133. The van der Waals surface area contributed by atoms with E-state index in [1.165, 1.54) is 5.56 Å². The second kappa shape index (κ2) is 7.91. The molecule has 0 bridgehead atoms. The number of rotatable bonds is 5. The van der Waals surface area contributed by atoms with Crippen molar-refractivity contribution in [1.29, 1.82) is 0 Å². The van der Waals surface area contributed by atoms with E-state index in [1.54, 1.807) is 18.5 Å². The number of piperidine rings is 1. The summed E-state index contributed by atoms with van der Waals surface area (Å²) in [6.07, 6.45) is 8.63. The van der Waals surface area contributed by atoms with Crippen LogP contribution in [0.1, 0.15) is 41.6 Å². The maximum absolute atomic E-state index is 12.3. The Kier molecular flexibility index (Phi) is 5.19. The molecule has 2 aliphatic rings. The minimum absolute atomic E-state index is 0.124. The van der Waals surface area contributed by atoms with Crippen molar-refractivity contribution in [2.45, 2.75) is 32.1 Å². The third kappa shape index (κ3) is 4.54. The number of pyridine rings is 1. The van der Waals surface area contributed by atoms with Gasteiger partial charge in [0.2, 0.25) is 5.91 Å². The van der Waals surface area contributed by atoms with Crippen LogP contribution in [0.3, 0.4) is 0 Å². The molecule has 5 nitrogen and oxygen atoms in total. The Balaban J connectivity index is 1.28. The summed E-state index contributed by atoms with van der Waals surface area (Å²) in [5, 5.41) is 2.85. The number of hydrogen-bond acceptors (Lipinski definition) is 3. The van der Waals surface area contributed by atoms with Crippen LogP contribution in [0.5, 0.6) is 0 Å². The first-order chi connectivity index (χ1) is 13.2. The number of likely N-dealkylation sites (tertiary alicyclic amines) is 1. The van der Waals surface area contributed by atoms with Crippen LogP contribution < -0.4 is 5.32 Å². The van der Waals surface area contributed by atoms with Crippen molar-refractivity contribution in [2.24, 2.45) is 11.8 Å². The predicted octanol–water partition coefficient (Wildman–Crippen LogP) is 3.53. The molecule has 2 heterocycles. The zero-order chi connectivity index (χ0) is 18.6. The summed E-state index contributed by atoms with van der Waals surface area (Å²) in [5.41, 5.74) is 2.59. The van der Waals surface area contributed by atoms with Crippen molar-refractivity contribution < 1.29 is 9.59 Å². The van der Waals surface area contributed by atoms with E-state index in [-0.39, 0.29) is 5.91 Å². The van der Waals surface area contributed by atoms with Gasteiger partial charge < -0.3 is 10.2 Å². The minimum atomic E-state index is -0.124. The highest BCUT2D eigenvalue weighted by Crippen LogP contribution is 2.32. The van der Waals surface area contributed by atoms with E-state index in [4.69, 9.17) is 0 Å². The molecule has 1 aromatic heterocycles. The number of benzene rings is 1. The maximum atomic E-state index is 12.3. The monoisotopic (exact) mass is 363 g/mol. The van der Waals surface area contributed by atoms with Gasteiger partial charge in [0.1, 0.15) is 0 Å². The van der Waals surface area contributed by atoms with Gasteiger partial charge in [-0.1, -0.05) is 12.1 Å². The van der Waals surface area contributed by atoms with Crippen molar-refractivity contribution in [3.05, 3.63) is 59.9 Å². The number of nitrogens with zero attached hydrogens (tertiary/aromatic N) is 2. The van der Waals surface area contributed by atoms with Crippen LogP contribution in [0.2, 0.25) is 0 Å². The predicted molar refractivity (Wildman–Crippen MR) is 104 cm³/mol. The summed E-state index contributed by atoms with van der Waals surface area (Å²) < 4.78 is 0. The Bertz CT molecular complexity index is 792. The molecule has 0 radical (unpaired) electrons. The number of carbonyl (C=O) groups is 2. The Morgan fingerprint density at radius 1 is 1.04 bits per heavy atom. The first-order valence-corrected chi connectivity index (χ1v) is 9.78. The third-order valence-corrected chi connectivity index (χ3v) is 5.51. The molecule has 2 aromatic rings. The van der Waals surface area contributed by atoms with Gasteiger partial charge in [0, 0.05) is 30.8 Å². The fourth-order valence-corrected chi connectivity index (χ4v) is 3.71. The molecule has 27 heavy (non-hydrogen) atoms. The average Bonchev–Trinajstić information content (AvgIpc) is 3.55. The van der Waals surface area contributed by atoms with E-state index in [2.05, 4.69) is 15.2 Å². The fraction of sp³-hybridized carbons (Fsp3) is 0.409. The summed E-state index contributed by atoms with van der Waals surface area (Å²) in [5.74, 6) is 1.19. The Morgan fingerprint density at radius 3 is 2.41 bits per heavy atom. The smallest absolute Gasteiger partial charge is 0.255 e. The van der Waals surface area contributed by atoms with Crippen LogP contribution >= 0.6 is 0 Å². The minimum Gasteiger partial charge on any atom is -0.342 e. The van der Waals surface area contributed by atoms with Crippen LogP contribution in [0.4, 0.5) is 5.69 Å². The molecule has 0 atom stereocenters. The lowest BCUT2D eigenvalue weighted by atomic mass is 9.89. The van der Waals surface area contributed by atoms with Crippen LogP contribution in [0.25, 0.3) is 0 Å². The van der Waals surface area contributed by atoms with Gasteiger partial charge >= 0.3 is 0 Å². The summed E-state index contributed by atoms with van der Waals surface area (Å²) in [6.45, 7) is 1.79. The van der Waals surface area contributed by atoms with Gasteiger partial charge in [-0.25, -0.2) is 0 Å². The van der Waals surface area contributed by atoms with Gasteiger partial charge in [0.05, 0.1) is 11.9 Å². The first-order valence-electron chi connectivity index (χ1n) is 9.78. The lowest BCUT2D eigenvalue weighted by Crippen LogP contribution is -2.39. The number of nitrogens with one attached hydrogen (secondary N) is 1. The molecule has 1 aliphatic heterocycles. The number of amides is 2. The van der Waals surface area contributed by atoms with Crippen LogP contribution in [-0.4, -0.2) is 34.8 Å². The largest absolute Gasteiger partial charge is 0.342 e. The van der Waals surface area contributed by atoms with E-state index >= 15 is 0 Å². The molecule has 140 valence electrons. The van der Waals surface area contributed by atoms with Gasteiger partial charge in [0.25, 0.3) is 5.91 Å².